The Labute approximate surface area is 140 Å². The Morgan fingerprint density at radius 1 is 1.04 bits per heavy atom. The lowest BCUT2D eigenvalue weighted by atomic mass is 10.0. The van der Waals surface area contributed by atoms with E-state index in [1.165, 1.54) is 12.1 Å². The van der Waals surface area contributed by atoms with Gasteiger partial charge in [-0.3, -0.25) is 0 Å². The van der Waals surface area contributed by atoms with Crippen LogP contribution < -0.4 is 10.2 Å². The standard InChI is InChI=1S/C19H19FN4/c1-13-12-21-10-11-24(13)19-17-5-3-2-4-16(17)18(22-23-19)14-6-8-15(20)9-7-14/h2-9,13,21H,10-12H2,1H3/t13-/m1/s1. The highest BCUT2D eigenvalue weighted by atomic mass is 19.1. The predicted molar refractivity (Wildman–Crippen MR) is 94.6 cm³/mol. The zero-order valence-electron chi connectivity index (χ0n) is 13.5. The third-order valence-corrected chi connectivity index (χ3v) is 4.56. The summed E-state index contributed by atoms with van der Waals surface area (Å²) in [5.74, 6) is 0.674. The van der Waals surface area contributed by atoms with Gasteiger partial charge in [-0.05, 0) is 31.2 Å². The van der Waals surface area contributed by atoms with Crippen LogP contribution in [-0.4, -0.2) is 35.9 Å². The van der Waals surface area contributed by atoms with Gasteiger partial charge in [-0.2, -0.15) is 0 Å². The minimum Gasteiger partial charge on any atom is -0.349 e. The van der Waals surface area contributed by atoms with E-state index < -0.39 is 0 Å². The second-order valence-electron chi connectivity index (χ2n) is 6.17. The lowest BCUT2D eigenvalue weighted by molar-refractivity contribution is 0.497. The van der Waals surface area contributed by atoms with Crippen LogP contribution in [-0.2, 0) is 0 Å². The average molecular weight is 322 g/mol. The van der Waals surface area contributed by atoms with Gasteiger partial charge in [0.1, 0.15) is 11.5 Å². The summed E-state index contributed by atoms with van der Waals surface area (Å²) in [6.45, 7) is 4.99. The van der Waals surface area contributed by atoms with Crippen LogP contribution in [0.3, 0.4) is 0 Å². The SMILES string of the molecule is C[C@@H]1CNCCN1c1nnc(-c2ccc(F)cc2)c2ccccc12. The van der Waals surface area contributed by atoms with Gasteiger partial charge in [-0.25, -0.2) is 4.39 Å². The van der Waals surface area contributed by atoms with Crippen molar-refractivity contribution in [1.82, 2.24) is 15.5 Å². The molecule has 1 aliphatic rings. The van der Waals surface area contributed by atoms with Gasteiger partial charge in [0.2, 0.25) is 0 Å². The summed E-state index contributed by atoms with van der Waals surface area (Å²) in [6.07, 6.45) is 0. The average Bonchev–Trinajstić information content (AvgIpc) is 2.62. The van der Waals surface area contributed by atoms with Gasteiger partial charge in [0.15, 0.2) is 5.82 Å². The topological polar surface area (TPSA) is 41.0 Å². The number of fused-ring (bicyclic) bond motifs is 1. The molecule has 1 aromatic heterocycles. The minimum atomic E-state index is -0.248. The second-order valence-corrected chi connectivity index (χ2v) is 6.17. The van der Waals surface area contributed by atoms with Crippen molar-refractivity contribution in [3.8, 4) is 11.3 Å². The molecule has 0 aliphatic carbocycles. The Kier molecular flexibility index (Phi) is 3.86. The summed E-state index contributed by atoms with van der Waals surface area (Å²) in [4.78, 5) is 2.31. The van der Waals surface area contributed by atoms with E-state index in [1.807, 2.05) is 12.1 Å². The number of nitrogens with one attached hydrogen (secondary N) is 1. The molecule has 1 aliphatic heterocycles. The molecule has 0 radical (unpaired) electrons. The Morgan fingerprint density at radius 3 is 2.54 bits per heavy atom. The molecule has 122 valence electrons. The van der Waals surface area contributed by atoms with E-state index >= 15 is 0 Å². The van der Waals surface area contributed by atoms with Crippen LogP contribution in [0.5, 0.6) is 0 Å². The van der Waals surface area contributed by atoms with Gasteiger partial charge in [-0.1, -0.05) is 24.3 Å². The van der Waals surface area contributed by atoms with Crippen LogP contribution in [0.1, 0.15) is 6.92 Å². The molecule has 0 saturated carbocycles. The number of benzene rings is 2. The molecule has 4 nitrogen and oxygen atoms in total. The van der Waals surface area contributed by atoms with Crippen molar-refractivity contribution in [1.29, 1.82) is 0 Å². The number of piperazine rings is 1. The van der Waals surface area contributed by atoms with Crippen LogP contribution in [0.15, 0.2) is 48.5 Å². The van der Waals surface area contributed by atoms with Gasteiger partial charge in [0, 0.05) is 42.0 Å². The van der Waals surface area contributed by atoms with E-state index in [-0.39, 0.29) is 5.82 Å². The molecule has 1 saturated heterocycles. The van der Waals surface area contributed by atoms with Gasteiger partial charge < -0.3 is 10.2 Å². The van der Waals surface area contributed by atoms with E-state index in [4.69, 9.17) is 0 Å². The number of rotatable bonds is 2. The van der Waals surface area contributed by atoms with E-state index in [9.17, 15) is 4.39 Å². The van der Waals surface area contributed by atoms with Gasteiger partial charge in [0.25, 0.3) is 0 Å². The molecule has 1 atom stereocenters. The molecule has 0 spiro atoms. The Hall–Kier alpha value is -2.53. The first kappa shape index (κ1) is 15.0. The Morgan fingerprint density at radius 2 is 1.79 bits per heavy atom. The quantitative estimate of drug-likeness (QED) is 0.786. The zero-order chi connectivity index (χ0) is 16.5. The first-order valence-corrected chi connectivity index (χ1v) is 8.23. The maximum atomic E-state index is 13.2. The molecule has 4 rings (SSSR count). The van der Waals surface area contributed by atoms with Crippen LogP contribution in [0, 0.1) is 5.82 Å². The summed E-state index contributed by atoms with van der Waals surface area (Å²) in [5, 5.41) is 14.5. The normalized spacial score (nSPS) is 18.1. The Balaban J connectivity index is 1.87. The van der Waals surface area contributed by atoms with Gasteiger partial charge >= 0.3 is 0 Å². The molecule has 1 fully saturated rings. The highest BCUT2D eigenvalue weighted by molar-refractivity contribution is 6.00. The van der Waals surface area contributed by atoms with Crippen LogP contribution >= 0.6 is 0 Å². The molecule has 0 unspecified atom stereocenters. The maximum Gasteiger partial charge on any atom is 0.159 e. The third-order valence-electron chi connectivity index (χ3n) is 4.56. The summed E-state index contributed by atoms with van der Waals surface area (Å²) >= 11 is 0. The molecule has 24 heavy (non-hydrogen) atoms. The van der Waals surface area contributed by atoms with Crippen molar-refractivity contribution in [2.75, 3.05) is 24.5 Å². The second kappa shape index (κ2) is 6.17. The lowest BCUT2D eigenvalue weighted by Crippen LogP contribution is -2.50. The molecule has 2 aromatic carbocycles. The summed E-state index contributed by atoms with van der Waals surface area (Å²) in [5.41, 5.74) is 1.66. The van der Waals surface area contributed by atoms with E-state index in [0.29, 0.717) is 6.04 Å². The number of hydrogen-bond donors (Lipinski definition) is 1. The highest BCUT2D eigenvalue weighted by Crippen LogP contribution is 2.32. The van der Waals surface area contributed by atoms with Crippen LogP contribution in [0.2, 0.25) is 0 Å². The van der Waals surface area contributed by atoms with E-state index in [1.54, 1.807) is 12.1 Å². The number of hydrogen-bond acceptors (Lipinski definition) is 4. The van der Waals surface area contributed by atoms with Crippen LogP contribution in [0.4, 0.5) is 10.2 Å². The van der Waals surface area contributed by atoms with Crippen molar-refractivity contribution < 1.29 is 4.39 Å². The first-order chi connectivity index (χ1) is 11.7. The molecular weight excluding hydrogens is 303 g/mol. The molecular formula is C19H19FN4. The van der Waals surface area contributed by atoms with Crippen molar-refractivity contribution in [2.45, 2.75) is 13.0 Å². The first-order valence-electron chi connectivity index (χ1n) is 8.23. The summed E-state index contributed by atoms with van der Waals surface area (Å²) in [7, 11) is 0. The van der Waals surface area contributed by atoms with Crippen molar-refractivity contribution in [2.24, 2.45) is 0 Å². The number of nitrogens with zero attached hydrogens (tertiary/aromatic N) is 3. The van der Waals surface area contributed by atoms with Gasteiger partial charge in [-0.15, -0.1) is 10.2 Å². The molecule has 0 bridgehead atoms. The molecule has 5 heteroatoms. The third kappa shape index (κ3) is 2.61. The fraction of sp³-hybridized carbons (Fsp3) is 0.263. The van der Waals surface area contributed by atoms with Crippen LogP contribution in [0.25, 0.3) is 22.0 Å². The number of halogens is 1. The van der Waals surface area contributed by atoms with Crippen molar-refractivity contribution in [3.05, 3.63) is 54.3 Å². The number of aromatic nitrogens is 2. The summed E-state index contributed by atoms with van der Waals surface area (Å²) in [6, 6.07) is 14.9. The number of anilines is 1. The monoisotopic (exact) mass is 322 g/mol. The van der Waals surface area contributed by atoms with Crippen molar-refractivity contribution in [3.63, 3.8) is 0 Å². The molecule has 1 N–H and O–H groups in total. The fourth-order valence-corrected chi connectivity index (χ4v) is 3.28. The van der Waals surface area contributed by atoms with E-state index in [2.05, 4.69) is 39.5 Å². The lowest BCUT2D eigenvalue weighted by Gasteiger charge is -2.35. The van der Waals surface area contributed by atoms with Gasteiger partial charge in [0.05, 0.1) is 0 Å². The molecule has 0 amide bonds. The minimum absolute atomic E-state index is 0.248. The molecule has 3 aromatic rings. The molecule has 2 heterocycles. The van der Waals surface area contributed by atoms with E-state index in [0.717, 1.165) is 47.5 Å². The summed E-state index contributed by atoms with van der Waals surface area (Å²) < 4.78 is 13.2. The maximum absolute atomic E-state index is 13.2. The Bertz CT molecular complexity index is 863. The highest BCUT2D eigenvalue weighted by Gasteiger charge is 2.22. The smallest absolute Gasteiger partial charge is 0.159 e. The van der Waals surface area contributed by atoms with Crippen molar-refractivity contribution >= 4 is 16.6 Å². The largest absolute Gasteiger partial charge is 0.349 e. The fourth-order valence-electron chi connectivity index (χ4n) is 3.28. The predicted octanol–water partition coefficient (Wildman–Crippen LogP) is 3.23. The zero-order valence-corrected chi connectivity index (χ0v) is 13.5.